The Bertz CT molecular complexity index is 749. The topological polar surface area (TPSA) is 75.2 Å². The summed E-state index contributed by atoms with van der Waals surface area (Å²) in [5.41, 5.74) is 1.84. The van der Waals surface area contributed by atoms with Crippen molar-refractivity contribution in [1.29, 1.82) is 0 Å². The number of hydrogen-bond acceptors (Lipinski definition) is 7. The first-order valence-electron chi connectivity index (χ1n) is 8.13. The SMILES string of the molecule is CCSc1nnc(S[C@H](C)C(=O)N(C)CC(=O)Nc2ccc(C)cc2)s1. The van der Waals surface area contributed by atoms with Crippen LogP contribution >= 0.6 is 34.9 Å². The number of benzene rings is 1. The molecule has 0 bridgehead atoms. The number of aromatic nitrogens is 2. The first kappa shape index (κ1) is 20.7. The van der Waals surface area contributed by atoms with Gasteiger partial charge in [-0.05, 0) is 31.7 Å². The van der Waals surface area contributed by atoms with Crippen molar-refractivity contribution in [2.24, 2.45) is 0 Å². The van der Waals surface area contributed by atoms with Crippen LogP contribution < -0.4 is 5.32 Å². The van der Waals surface area contributed by atoms with E-state index in [1.54, 1.807) is 18.8 Å². The molecule has 1 atom stereocenters. The summed E-state index contributed by atoms with van der Waals surface area (Å²) in [6, 6.07) is 7.54. The van der Waals surface area contributed by atoms with Gasteiger partial charge in [0.25, 0.3) is 0 Å². The molecule has 0 aliphatic heterocycles. The van der Waals surface area contributed by atoms with E-state index in [-0.39, 0.29) is 23.6 Å². The van der Waals surface area contributed by atoms with E-state index in [1.807, 2.05) is 38.1 Å². The minimum absolute atomic E-state index is 0.00463. The van der Waals surface area contributed by atoms with E-state index < -0.39 is 0 Å². The predicted octanol–water partition coefficient (Wildman–Crippen LogP) is 3.54. The summed E-state index contributed by atoms with van der Waals surface area (Å²) in [5.74, 6) is 0.598. The number of anilines is 1. The van der Waals surface area contributed by atoms with Gasteiger partial charge in [0.2, 0.25) is 11.8 Å². The van der Waals surface area contributed by atoms with Crippen LogP contribution in [-0.2, 0) is 9.59 Å². The number of hydrogen-bond donors (Lipinski definition) is 1. The van der Waals surface area contributed by atoms with Crippen molar-refractivity contribution in [3.63, 3.8) is 0 Å². The molecule has 1 N–H and O–H groups in total. The Hall–Kier alpha value is -1.58. The maximum Gasteiger partial charge on any atom is 0.243 e. The largest absolute Gasteiger partial charge is 0.335 e. The van der Waals surface area contributed by atoms with Crippen LogP contribution in [0.4, 0.5) is 5.69 Å². The van der Waals surface area contributed by atoms with Gasteiger partial charge < -0.3 is 10.2 Å². The van der Waals surface area contributed by atoms with Gasteiger partial charge in [-0.3, -0.25) is 9.59 Å². The summed E-state index contributed by atoms with van der Waals surface area (Å²) in [6.45, 7) is 5.86. The van der Waals surface area contributed by atoms with Gasteiger partial charge in [-0.1, -0.05) is 59.5 Å². The van der Waals surface area contributed by atoms with E-state index in [9.17, 15) is 9.59 Å². The summed E-state index contributed by atoms with van der Waals surface area (Å²) in [6.07, 6.45) is 0. The van der Waals surface area contributed by atoms with Crippen molar-refractivity contribution in [3.05, 3.63) is 29.8 Å². The summed E-state index contributed by atoms with van der Waals surface area (Å²) >= 11 is 4.48. The number of rotatable bonds is 8. The van der Waals surface area contributed by atoms with Crippen LogP contribution in [0.3, 0.4) is 0 Å². The highest BCUT2D eigenvalue weighted by atomic mass is 32.2. The van der Waals surface area contributed by atoms with E-state index in [0.717, 1.165) is 25.7 Å². The average Bonchev–Trinajstić information content (AvgIpc) is 3.03. The summed E-state index contributed by atoms with van der Waals surface area (Å²) in [5, 5.41) is 10.7. The highest BCUT2D eigenvalue weighted by Crippen LogP contribution is 2.31. The van der Waals surface area contributed by atoms with Crippen LogP contribution in [0.15, 0.2) is 32.9 Å². The van der Waals surface area contributed by atoms with Crippen LogP contribution in [-0.4, -0.2) is 51.5 Å². The second-order valence-corrected chi connectivity index (χ2v) is 9.71. The number of carbonyl (C=O) groups is 2. The molecule has 1 heterocycles. The number of likely N-dealkylation sites (N-methyl/N-ethyl adjacent to an activating group) is 1. The first-order chi connectivity index (χ1) is 12.4. The monoisotopic (exact) mass is 410 g/mol. The Kier molecular flexibility index (Phi) is 7.92. The van der Waals surface area contributed by atoms with E-state index in [0.29, 0.717) is 0 Å². The second-order valence-electron chi connectivity index (χ2n) is 5.64. The number of nitrogens with zero attached hydrogens (tertiary/aromatic N) is 3. The summed E-state index contributed by atoms with van der Waals surface area (Å²) < 4.78 is 1.67. The lowest BCUT2D eigenvalue weighted by Gasteiger charge is -2.20. The van der Waals surface area contributed by atoms with Crippen LogP contribution in [0.25, 0.3) is 0 Å². The maximum atomic E-state index is 12.5. The third-order valence-electron chi connectivity index (χ3n) is 3.37. The molecule has 0 unspecified atom stereocenters. The molecule has 26 heavy (non-hydrogen) atoms. The molecule has 1 aromatic carbocycles. The minimum Gasteiger partial charge on any atom is -0.335 e. The van der Waals surface area contributed by atoms with Crippen LogP contribution in [0.5, 0.6) is 0 Å². The normalized spacial score (nSPS) is 11.8. The molecule has 0 fully saturated rings. The highest BCUT2D eigenvalue weighted by molar-refractivity contribution is 8.03. The Labute approximate surface area is 166 Å². The minimum atomic E-state index is -0.334. The van der Waals surface area contributed by atoms with Gasteiger partial charge in [-0.2, -0.15) is 0 Å². The van der Waals surface area contributed by atoms with E-state index >= 15 is 0 Å². The van der Waals surface area contributed by atoms with Gasteiger partial charge in [0, 0.05) is 12.7 Å². The molecule has 2 amide bonds. The van der Waals surface area contributed by atoms with Crippen molar-refractivity contribution in [2.75, 3.05) is 24.7 Å². The molecular weight excluding hydrogens is 388 g/mol. The molecule has 0 radical (unpaired) electrons. The van der Waals surface area contributed by atoms with Crippen LogP contribution in [0, 0.1) is 6.92 Å². The van der Waals surface area contributed by atoms with Crippen molar-refractivity contribution in [3.8, 4) is 0 Å². The van der Waals surface area contributed by atoms with Gasteiger partial charge in [0.05, 0.1) is 11.8 Å². The molecule has 9 heteroatoms. The van der Waals surface area contributed by atoms with Gasteiger partial charge >= 0.3 is 0 Å². The molecule has 0 saturated heterocycles. The molecular formula is C17H22N4O2S3. The smallest absolute Gasteiger partial charge is 0.243 e. The number of nitrogens with one attached hydrogen (secondary N) is 1. The lowest BCUT2D eigenvalue weighted by Crippen LogP contribution is -2.38. The van der Waals surface area contributed by atoms with Gasteiger partial charge in [0.15, 0.2) is 8.68 Å². The zero-order valence-electron chi connectivity index (χ0n) is 15.2. The molecule has 2 rings (SSSR count). The van der Waals surface area contributed by atoms with Crippen molar-refractivity contribution in [1.82, 2.24) is 15.1 Å². The molecule has 0 aliphatic carbocycles. The Morgan fingerprint density at radius 2 is 1.88 bits per heavy atom. The second kappa shape index (κ2) is 9.94. The molecule has 2 aromatic rings. The molecule has 0 saturated carbocycles. The number of carbonyl (C=O) groups excluding carboxylic acids is 2. The Morgan fingerprint density at radius 3 is 2.54 bits per heavy atom. The quantitative estimate of drug-likeness (QED) is 0.671. The predicted molar refractivity (Wildman–Crippen MR) is 109 cm³/mol. The zero-order valence-corrected chi connectivity index (χ0v) is 17.6. The zero-order chi connectivity index (χ0) is 19.1. The first-order valence-corrected chi connectivity index (χ1v) is 10.8. The number of aryl methyl sites for hydroxylation is 1. The van der Waals surface area contributed by atoms with Gasteiger partial charge in [-0.15, -0.1) is 10.2 Å². The summed E-state index contributed by atoms with van der Waals surface area (Å²) in [7, 11) is 1.63. The fourth-order valence-corrected chi connectivity index (χ4v) is 5.25. The molecule has 0 spiro atoms. The highest BCUT2D eigenvalue weighted by Gasteiger charge is 2.22. The van der Waals surface area contributed by atoms with Crippen molar-refractivity contribution >= 4 is 52.4 Å². The standard InChI is InChI=1S/C17H22N4O2S3/c1-5-24-16-19-20-17(26-16)25-12(3)15(23)21(4)10-14(22)18-13-8-6-11(2)7-9-13/h6-9,12H,5,10H2,1-4H3,(H,18,22)/t12-/m1/s1. The van der Waals surface area contributed by atoms with Crippen LogP contribution in [0.2, 0.25) is 0 Å². The van der Waals surface area contributed by atoms with E-state index in [2.05, 4.69) is 22.4 Å². The fourth-order valence-electron chi connectivity index (χ4n) is 2.07. The lowest BCUT2D eigenvalue weighted by atomic mass is 10.2. The maximum absolute atomic E-state index is 12.5. The summed E-state index contributed by atoms with van der Waals surface area (Å²) in [4.78, 5) is 26.1. The molecule has 6 nitrogen and oxygen atoms in total. The molecule has 140 valence electrons. The molecule has 0 aliphatic rings. The van der Waals surface area contributed by atoms with Crippen LogP contribution in [0.1, 0.15) is 19.4 Å². The van der Waals surface area contributed by atoms with E-state index in [4.69, 9.17) is 0 Å². The van der Waals surface area contributed by atoms with Gasteiger partial charge in [0.1, 0.15) is 0 Å². The Balaban J connectivity index is 1.84. The average molecular weight is 411 g/mol. The van der Waals surface area contributed by atoms with E-state index in [1.165, 1.54) is 28.0 Å². The van der Waals surface area contributed by atoms with Crippen molar-refractivity contribution < 1.29 is 9.59 Å². The Morgan fingerprint density at radius 1 is 1.23 bits per heavy atom. The van der Waals surface area contributed by atoms with Crippen molar-refractivity contribution in [2.45, 2.75) is 34.7 Å². The van der Waals surface area contributed by atoms with Gasteiger partial charge in [-0.25, -0.2) is 0 Å². The molecule has 1 aromatic heterocycles. The fraction of sp³-hybridized carbons (Fsp3) is 0.412. The number of amides is 2. The third kappa shape index (κ3) is 6.30. The number of thioether (sulfide) groups is 2. The third-order valence-corrected chi connectivity index (χ3v) is 6.48. The lowest BCUT2D eigenvalue weighted by molar-refractivity contribution is -0.132.